The zero-order valence-electron chi connectivity index (χ0n) is 12.5. The molecule has 0 radical (unpaired) electrons. The van der Waals surface area contributed by atoms with Crippen LogP contribution in [0.2, 0.25) is 0 Å². The molecule has 1 aromatic rings. The van der Waals surface area contributed by atoms with Gasteiger partial charge in [-0.2, -0.15) is 0 Å². The number of hydrogen-bond donors (Lipinski definition) is 3. The van der Waals surface area contributed by atoms with Crippen LogP contribution in [0.15, 0.2) is 18.2 Å². The van der Waals surface area contributed by atoms with E-state index in [1.807, 2.05) is 13.0 Å². The summed E-state index contributed by atoms with van der Waals surface area (Å²) >= 11 is 0. The van der Waals surface area contributed by atoms with E-state index in [1.54, 1.807) is 6.07 Å². The highest BCUT2D eigenvalue weighted by Crippen LogP contribution is 2.32. The summed E-state index contributed by atoms with van der Waals surface area (Å²) in [5.74, 6) is -0.245. The third-order valence-corrected chi connectivity index (χ3v) is 4.48. The van der Waals surface area contributed by atoms with E-state index in [4.69, 9.17) is 10.5 Å². The average Bonchev–Trinajstić information content (AvgIpc) is 2.93. The summed E-state index contributed by atoms with van der Waals surface area (Å²) in [6.45, 7) is 3.04. The van der Waals surface area contributed by atoms with Gasteiger partial charge >= 0.3 is 0 Å². The average molecular weight is 293 g/mol. The normalized spacial score (nSPS) is 30.5. The Bertz CT molecular complexity index is 504. The molecule has 0 spiro atoms. The molecule has 1 aliphatic heterocycles. The number of nitrogens with one attached hydrogen (secondary N) is 2. The molecule has 1 heterocycles. The van der Waals surface area contributed by atoms with E-state index in [-0.39, 0.29) is 5.82 Å². The Kier molecular flexibility index (Phi) is 4.15. The van der Waals surface area contributed by atoms with Gasteiger partial charge in [0.15, 0.2) is 0 Å². The maximum Gasteiger partial charge on any atom is 0.129 e. The molecule has 2 fully saturated rings. The van der Waals surface area contributed by atoms with Crippen molar-refractivity contribution in [3.63, 3.8) is 0 Å². The lowest BCUT2D eigenvalue weighted by atomic mass is 9.93. The number of anilines is 1. The number of halogens is 1. The first kappa shape index (κ1) is 14.8. The summed E-state index contributed by atoms with van der Waals surface area (Å²) in [5.41, 5.74) is 6.64. The minimum Gasteiger partial charge on any atom is -0.382 e. The SMILES string of the molecule is CC1(c2cc(NC3CCCC3)ccc2F)CNC[C@H](N)O1. The molecule has 2 aliphatic rings. The molecular weight excluding hydrogens is 269 g/mol. The molecule has 0 aromatic heterocycles. The fraction of sp³-hybridized carbons (Fsp3) is 0.625. The van der Waals surface area contributed by atoms with Crippen molar-refractivity contribution in [2.45, 2.75) is 50.5 Å². The van der Waals surface area contributed by atoms with E-state index in [0.717, 1.165) is 5.69 Å². The summed E-state index contributed by atoms with van der Waals surface area (Å²) in [4.78, 5) is 0. The van der Waals surface area contributed by atoms with Gasteiger partial charge < -0.3 is 21.1 Å². The van der Waals surface area contributed by atoms with Gasteiger partial charge in [-0.25, -0.2) is 4.39 Å². The lowest BCUT2D eigenvalue weighted by Gasteiger charge is -2.38. The summed E-state index contributed by atoms with van der Waals surface area (Å²) < 4.78 is 20.1. The maximum absolute atomic E-state index is 14.3. The van der Waals surface area contributed by atoms with Gasteiger partial charge in [-0.15, -0.1) is 0 Å². The zero-order chi connectivity index (χ0) is 14.9. The number of ether oxygens (including phenoxy) is 1. The summed E-state index contributed by atoms with van der Waals surface area (Å²) in [6, 6.07) is 5.69. The van der Waals surface area contributed by atoms with Gasteiger partial charge in [0.05, 0.1) is 0 Å². The van der Waals surface area contributed by atoms with Crippen molar-refractivity contribution in [3.8, 4) is 0 Å². The van der Waals surface area contributed by atoms with Gasteiger partial charge in [0.1, 0.15) is 17.6 Å². The third-order valence-electron chi connectivity index (χ3n) is 4.48. The van der Waals surface area contributed by atoms with Gasteiger partial charge in [-0.05, 0) is 38.0 Å². The highest BCUT2D eigenvalue weighted by Gasteiger charge is 2.35. The van der Waals surface area contributed by atoms with Crippen LogP contribution in [0.1, 0.15) is 38.2 Å². The number of nitrogens with two attached hydrogens (primary N) is 1. The molecule has 21 heavy (non-hydrogen) atoms. The largest absolute Gasteiger partial charge is 0.382 e. The summed E-state index contributed by atoms with van der Waals surface area (Å²) in [6.07, 6.45) is 4.51. The second kappa shape index (κ2) is 5.91. The first-order chi connectivity index (χ1) is 10.1. The van der Waals surface area contributed by atoms with Crippen LogP contribution in [0, 0.1) is 5.82 Å². The number of benzene rings is 1. The minimum absolute atomic E-state index is 0.245. The van der Waals surface area contributed by atoms with E-state index in [9.17, 15) is 4.39 Å². The molecule has 4 N–H and O–H groups in total. The van der Waals surface area contributed by atoms with Crippen molar-refractivity contribution in [1.29, 1.82) is 0 Å². The van der Waals surface area contributed by atoms with Gasteiger partial charge in [-0.3, -0.25) is 0 Å². The van der Waals surface area contributed by atoms with Crippen LogP contribution in [-0.4, -0.2) is 25.4 Å². The Balaban J connectivity index is 1.83. The van der Waals surface area contributed by atoms with E-state index < -0.39 is 11.8 Å². The quantitative estimate of drug-likeness (QED) is 0.800. The highest BCUT2D eigenvalue weighted by atomic mass is 19.1. The van der Waals surface area contributed by atoms with Gasteiger partial charge in [-0.1, -0.05) is 12.8 Å². The summed E-state index contributed by atoms with van der Waals surface area (Å²) in [7, 11) is 0. The van der Waals surface area contributed by atoms with Crippen LogP contribution in [0.4, 0.5) is 10.1 Å². The van der Waals surface area contributed by atoms with Crippen LogP contribution in [-0.2, 0) is 10.3 Å². The fourth-order valence-electron chi connectivity index (χ4n) is 3.36. The molecule has 1 saturated heterocycles. The zero-order valence-corrected chi connectivity index (χ0v) is 12.5. The molecule has 4 nitrogen and oxygen atoms in total. The standard InChI is InChI=1S/C16H24FN3O/c1-16(10-19-9-15(18)21-16)13-8-12(6-7-14(13)17)20-11-4-2-3-5-11/h6-8,11,15,19-20H,2-5,9-10,18H2,1H3/t15-,16?/m1/s1. The van der Waals surface area contributed by atoms with Crippen molar-refractivity contribution in [1.82, 2.24) is 5.32 Å². The fourth-order valence-corrected chi connectivity index (χ4v) is 3.36. The molecule has 1 saturated carbocycles. The molecule has 2 atom stereocenters. The Hall–Kier alpha value is -1.17. The Morgan fingerprint density at radius 3 is 2.86 bits per heavy atom. The molecule has 3 rings (SSSR count). The van der Waals surface area contributed by atoms with Crippen molar-refractivity contribution in [3.05, 3.63) is 29.6 Å². The molecule has 1 unspecified atom stereocenters. The molecule has 1 aliphatic carbocycles. The van der Waals surface area contributed by atoms with Gasteiger partial charge in [0.25, 0.3) is 0 Å². The van der Waals surface area contributed by atoms with E-state index in [2.05, 4.69) is 10.6 Å². The second-order valence-electron chi connectivity index (χ2n) is 6.34. The molecular formula is C16H24FN3O. The van der Waals surface area contributed by atoms with Crippen LogP contribution in [0.5, 0.6) is 0 Å². The lowest BCUT2D eigenvalue weighted by molar-refractivity contribution is -0.109. The third kappa shape index (κ3) is 3.20. The maximum atomic E-state index is 14.3. The minimum atomic E-state index is -0.727. The van der Waals surface area contributed by atoms with E-state index in [0.29, 0.717) is 24.7 Å². The first-order valence-electron chi connectivity index (χ1n) is 7.77. The lowest BCUT2D eigenvalue weighted by Crippen LogP contribution is -2.53. The van der Waals surface area contributed by atoms with Crippen LogP contribution >= 0.6 is 0 Å². The number of rotatable bonds is 3. The predicted molar refractivity (Wildman–Crippen MR) is 81.6 cm³/mol. The van der Waals surface area contributed by atoms with Crippen molar-refractivity contribution in [2.24, 2.45) is 5.73 Å². The van der Waals surface area contributed by atoms with Crippen molar-refractivity contribution >= 4 is 5.69 Å². The Morgan fingerprint density at radius 2 is 2.14 bits per heavy atom. The van der Waals surface area contributed by atoms with Gasteiger partial charge in [0.2, 0.25) is 0 Å². The molecule has 0 amide bonds. The van der Waals surface area contributed by atoms with E-state index >= 15 is 0 Å². The van der Waals surface area contributed by atoms with Crippen LogP contribution in [0.3, 0.4) is 0 Å². The first-order valence-corrected chi connectivity index (χ1v) is 7.77. The van der Waals surface area contributed by atoms with Gasteiger partial charge in [0, 0.05) is 30.4 Å². The number of hydrogen-bond acceptors (Lipinski definition) is 4. The highest BCUT2D eigenvalue weighted by molar-refractivity contribution is 5.48. The van der Waals surface area contributed by atoms with Crippen LogP contribution in [0.25, 0.3) is 0 Å². The summed E-state index contributed by atoms with van der Waals surface area (Å²) in [5, 5.41) is 6.71. The smallest absolute Gasteiger partial charge is 0.129 e. The molecule has 116 valence electrons. The van der Waals surface area contributed by atoms with Crippen molar-refractivity contribution < 1.29 is 9.13 Å². The molecule has 1 aromatic carbocycles. The monoisotopic (exact) mass is 293 g/mol. The van der Waals surface area contributed by atoms with E-state index in [1.165, 1.54) is 31.7 Å². The topological polar surface area (TPSA) is 59.3 Å². The predicted octanol–water partition coefficient (Wildman–Crippen LogP) is 2.30. The van der Waals surface area contributed by atoms with Crippen molar-refractivity contribution in [2.75, 3.05) is 18.4 Å². The molecule has 0 bridgehead atoms. The Morgan fingerprint density at radius 1 is 1.38 bits per heavy atom. The Labute approximate surface area is 125 Å². The second-order valence-corrected chi connectivity index (χ2v) is 6.34. The van der Waals surface area contributed by atoms with Crippen LogP contribution < -0.4 is 16.4 Å². The molecule has 5 heteroatoms. The number of morpholine rings is 1.